The van der Waals surface area contributed by atoms with Gasteiger partial charge in [0.1, 0.15) is 0 Å². The maximum Gasteiger partial charge on any atom is 0.435 e. The standard InChI is InChI=1S/C22H20BrClF6N2O/c23-17-10-15(9-16(11-17)21(25,26)27)20(22(28,29)30)12-19(32-33-20)14-6-5-13(18(24)8-14)4-2-1-3-7-31/h5-6,8-11H,1-4,7,12,31H2/t20-/m0/s1. The molecule has 0 unspecified atom stereocenters. The van der Waals surface area contributed by atoms with Crippen LogP contribution in [0.5, 0.6) is 0 Å². The molecular formula is C22H20BrClF6N2O. The average molecular weight is 558 g/mol. The zero-order chi connectivity index (χ0) is 24.4. The molecule has 11 heteroatoms. The molecule has 1 heterocycles. The number of nitrogens with two attached hydrogens (primary N) is 1. The van der Waals surface area contributed by atoms with E-state index < -0.39 is 35.5 Å². The molecule has 0 aromatic heterocycles. The third kappa shape index (κ3) is 5.66. The summed E-state index contributed by atoms with van der Waals surface area (Å²) in [5, 5.41) is 3.98. The van der Waals surface area contributed by atoms with Crippen LogP contribution in [-0.2, 0) is 23.0 Å². The number of benzene rings is 2. The monoisotopic (exact) mass is 556 g/mol. The Hall–Kier alpha value is -1.78. The molecular weight excluding hydrogens is 538 g/mol. The van der Waals surface area contributed by atoms with Gasteiger partial charge in [-0.1, -0.05) is 51.2 Å². The van der Waals surface area contributed by atoms with Crippen molar-refractivity contribution in [2.75, 3.05) is 6.54 Å². The van der Waals surface area contributed by atoms with Crippen LogP contribution in [0.25, 0.3) is 0 Å². The van der Waals surface area contributed by atoms with E-state index in [2.05, 4.69) is 21.1 Å². The number of hydrogen-bond acceptors (Lipinski definition) is 3. The molecule has 1 aliphatic rings. The summed E-state index contributed by atoms with van der Waals surface area (Å²) in [6.07, 6.45) is -7.30. The third-order valence-corrected chi connectivity index (χ3v) is 6.22. The second kappa shape index (κ2) is 9.84. The smallest absolute Gasteiger partial charge is 0.374 e. The largest absolute Gasteiger partial charge is 0.435 e. The van der Waals surface area contributed by atoms with Crippen LogP contribution in [0.1, 0.15) is 47.9 Å². The van der Waals surface area contributed by atoms with Crippen molar-refractivity contribution in [2.24, 2.45) is 10.9 Å². The summed E-state index contributed by atoms with van der Waals surface area (Å²) in [6.45, 7) is 0.593. The molecule has 3 nitrogen and oxygen atoms in total. The van der Waals surface area contributed by atoms with Crippen molar-refractivity contribution in [3.05, 3.63) is 68.1 Å². The van der Waals surface area contributed by atoms with E-state index in [1.54, 1.807) is 12.1 Å². The topological polar surface area (TPSA) is 47.6 Å². The van der Waals surface area contributed by atoms with Crippen LogP contribution in [0.3, 0.4) is 0 Å². The Morgan fingerprint density at radius 3 is 2.36 bits per heavy atom. The van der Waals surface area contributed by atoms with Gasteiger partial charge in [-0.25, -0.2) is 0 Å². The fourth-order valence-electron chi connectivity index (χ4n) is 3.61. The number of nitrogens with zero attached hydrogens (tertiary/aromatic N) is 1. The van der Waals surface area contributed by atoms with Crippen molar-refractivity contribution in [2.45, 2.75) is 50.1 Å². The van der Waals surface area contributed by atoms with Gasteiger partial charge in [-0.15, -0.1) is 0 Å². The van der Waals surface area contributed by atoms with E-state index in [1.807, 2.05) is 0 Å². The summed E-state index contributed by atoms with van der Waals surface area (Å²) in [6, 6.07) is 6.89. The Labute approximate surface area is 200 Å². The molecule has 0 spiro atoms. The molecule has 3 rings (SSSR count). The number of oxime groups is 1. The second-order valence-corrected chi connectivity index (χ2v) is 9.09. The van der Waals surface area contributed by atoms with Crippen LogP contribution < -0.4 is 5.73 Å². The van der Waals surface area contributed by atoms with Crippen LogP contribution in [0.15, 0.2) is 46.0 Å². The molecule has 0 saturated heterocycles. The van der Waals surface area contributed by atoms with Gasteiger partial charge in [-0.3, -0.25) is 0 Å². The number of alkyl halides is 6. The highest BCUT2D eigenvalue weighted by Crippen LogP contribution is 2.50. The summed E-state index contributed by atoms with van der Waals surface area (Å²) in [5.74, 6) is 0. The van der Waals surface area contributed by atoms with Gasteiger partial charge in [0, 0.05) is 27.0 Å². The lowest BCUT2D eigenvalue weighted by Crippen LogP contribution is -2.43. The number of rotatable bonds is 7. The molecule has 2 aromatic rings. The Balaban J connectivity index is 1.90. The minimum atomic E-state index is -5.03. The Morgan fingerprint density at radius 2 is 1.76 bits per heavy atom. The molecule has 180 valence electrons. The second-order valence-electron chi connectivity index (χ2n) is 7.76. The molecule has 0 saturated carbocycles. The first-order chi connectivity index (χ1) is 15.4. The van der Waals surface area contributed by atoms with Gasteiger partial charge >= 0.3 is 12.4 Å². The summed E-state index contributed by atoms with van der Waals surface area (Å²) in [4.78, 5) is 4.86. The minimum absolute atomic E-state index is 0.0579. The van der Waals surface area contributed by atoms with Crippen molar-refractivity contribution in [1.29, 1.82) is 0 Å². The molecule has 1 aliphatic heterocycles. The van der Waals surface area contributed by atoms with Gasteiger partial charge in [-0.2, -0.15) is 26.3 Å². The Bertz CT molecular complexity index is 1040. The van der Waals surface area contributed by atoms with Crippen LogP contribution in [-0.4, -0.2) is 18.4 Å². The van der Waals surface area contributed by atoms with Gasteiger partial charge in [-0.05, 0) is 55.6 Å². The van der Waals surface area contributed by atoms with Crippen LogP contribution in [0, 0.1) is 0 Å². The molecule has 0 fully saturated rings. The first-order valence-electron chi connectivity index (χ1n) is 10.1. The number of hydrogen-bond donors (Lipinski definition) is 1. The van der Waals surface area contributed by atoms with Gasteiger partial charge in [0.15, 0.2) is 0 Å². The molecule has 0 aliphatic carbocycles. The quantitative estimate of drug-likeness (QED) is 0.285. The molecule has 0 radical (unpaired) electrons. The van der Waals surface area contributed by atoms with Gasteiger partial charge in [0.25, 0.3) is 5.60 Å². The maximum atomic E-state index is 14.2. The number of unbranched alkanes of at least 4 members (excludes halogenated alkanes) is 2. The Kier molecular flexibility index (Phi) is 7.70. The van der Waals surface area contributed by atoms with E-state index in [9.17, 15) is 26.3 Å². The maximum absolute atomic E-state index is 14.2. The molecule has 2 N–H and O–H groups in total. The highest BCUT2D eigenvalue weighted by Gasteiger charge is 2.62. The van der Waals surface area contributed by atoms with E-state index in [0.29, 0.717) is 35.7 Å². The molecule has 33 heavy (non-hydrogen) atoms. The number of aryl methyl sites for hydroxylation is 1. The van der Waals surface area contributed by atoms with E-state index in [1.165, 1.54) is 6.07 Å². The van der Waals surface area contributed by atoms with Gasteiger partial charge in [0.05, 0.1) is 11.3 Å². The fraction of sp³-hybridized carbons (Fsp3) is 0.409. The molecule has 1 atom stereocenters. The zero-order valence-corrected chi connectivity index (χ0v) is 19.5. The summed E-state index contributed by atoms with van der Waals surface area (Å²) >= 11 is 9.18. The lowest BCUT2D eigenvalue weighted by molar-refractivity contribution is -0.276. The number of halogens is 8. The van der Waals surface area contributed by atoms with E-state index >= 15 is 0 Å². The average Bonchev–Trinajstić information content (AvgIpc) is 3.18. The summed E-state index contributed by atoms with van der Waals surface area (Å²) in [7, 11) is 0. The Morgan fingerprint density at radius 1 is 1.03 bits per heavy atom. The van der Waals surface area contributed by atoms with Crippen LogP contribution in [0.4, 0.5) is 26.3 Å². The SMILES string of the molecule is NCCCCCc1ccc(C2=NO[C@@](c3cc(Br)cc(C(F)(F)F)c3)(C(F)(F)F)C2)cc1Cl. The first kappa shape index (κ1) is 25.8. The van der Waals surface area contributed by atoms with E-state index in [4.69, 9.17) is 22.2 Å². The lowest BCUT2D eigenvalue weighted by Gasteiger charge is -2.30. The summed E-state index contributed by atoms with van der Waals surface area (Å²) < 4.78 is 82.0. The molecule has 2 aromatic carbocycles. The fourth-order valence-corrected chi connectivity index (χ4v) is 4.38. The first-order valence-corrected chi connectivity index (χ1v) is 11.2. The van der Waals surface area contributed by atoms with Crippen molar-refractivity contribution in [3.8, 4) is 0 Å². The molecule has 0 bridgehead atoms. The van der Waals surface area contributed by atoms with Crippen LogP contribution >= 0.6 is 27.5 Å². The van der Waals surface area contributed by atoms with Crippen molar-refractivity contribution < 1.29 is 31.2 Å². The van der Waals surface area contributed by atoms with E-state index in [0.717, 1.165) is 30.9 Å². The predicted molar refractivity (Wildman–Crippen MR) is 117 cm³/mol. The minimum Gasteiger partial charge on any atom is -0.374 e. The van der Waals surface area contributed by atoms with Crippen LogP contribution in [0.2, 0.25) is 5.02 Å². The highest BCUT2D eigenvalue weighted by atomic mass is 79.9. The highest BCUT2D eigenvalue weighted by molar-refractivity contribution is 9.10. The van der Waals surface area contributed by atoms with Gasteiger partial charge < -0.3 is 10.6 Å². The third-order valence-electron chi connectivity index (χ3n) is 5.41. The van der Waals surface area contributed by atoms with Crippen molar-refractivity contribution in [3.63, 3.8) is 0 Å². The van der Waals surface area contributed by atoms with Crippen molar-refractivity contribution >= 4 is 33.2 Å². The summed E-state index contributed by atoms with van der Waals surface area (Å²) in [5.41, 5.74) is 1.58. The lowest BCUT2D eigenvalue weighted by atomic mass is 9.85. The zero-order valence-electron chi connectivity index (χ0n) is 17.2. The van der Waals surface area contributed by atoms with Gasteiger partial charge in [0.2, 0.25) is 0 Å². The van der Waals surface area contributed by atoms with E-state index in [-0.39, 0.29) is 10.2 Å². The van der Waals surface area contributed by atoms with Crippen molar-refractivity contribution in [1.82, 2.24) is 0 Å². The normalized spacial score (nSPS) is 18.9. The predicted octanol–water partition coefficient (Wildman–Crippen LogP) is 7.38. The molecule has 0 amide bonds.